The summed E-state index contributed by atoms with van der Waals surface area (Å²) in [5.74, 6) is -0.933. The molecule has 3 aromatic rings. The lowest BCUT2D eigenvalue weighted by Crippen LogP contribution is -2.39. The van der Waals surface area contributed by atoms with Crippen molar-refractivity contribution in [1.82, 2.24) is 15.0 Å². The molecule has 6 nitrogen and oxygen atoms in total. The van der Waals surface area contributed by atoms with Crippen LogP contribution in [0.25, 0.3) is 11.4 Å². The Labute approximate surface area is 201 Å². The fourth-order valence-corrected chi connectivity index (χ4v) is 4.66. The first-order chi connectivity index (χ1) is 16.7. The van der Waals surface area contributed by atoms with Crippen LogP contribution in [-0.4, -0.2) is 34.9 Å². The number of hydrogen-bond donors (Lipinski definition) is 0. The monoisotopic (exact) mass is 485 g/mol. The van der Waals surface area contributed by atoms with Gasteiger partial charge in [0.05, 0.1) is 6.04 Å². The minimum absolute atomic E-state index is 0.0822. The molecule has 1 aromatic heterocycles. The Morgan fingerprint density at radius 3 is 2.54 bits per heavy atom. The van der Waals surface area contributed by atoms with Gasteiger partial charge in [-0.1, -0.05) is 61.1 Å². The molecule has 2 aliphatic rings. The minimum atomic E-state index is -4.70. The average molecular weight is 486 g/mol. The third-order valence-corrected chi connectivity index (χ3v) is 6.93. The molecule has 0 saturated carbocycles. The highest BCUT2D eigenvalue weighted by molar-refractivity contribution is 5.59. The predicted octanol–water partition coefficient (Wildman–Crippen LogP) is 6.02. The summed E-state index contributed by atoms with van der Waals surface area (Å²) >= 11 is 0. The highest BCUT2D eigenvalue weighted by Gasteiger charge is 2.39. The Morgan fingerprint density at radius 1 is 1.11 bits per heavy atom. The van der Waals surface area contributed by atoms with Gasteiger partial charge in [-0.25, -0.2) is 0 Å². The summed E-state index contributed by atoms with van der Waals surface area (Å²) in [7, 11) is 0. The molecule has 2 aliphatic heterocycles. The zero-order chi connectivity index (χ0) is 24.6. The van der Waals surface area contributed by atoms with E-state index in [4.69, 9.17) is 9.47 Å². The quantitative estimate of drug-likeness (QED) is 0.450. The number of aromatic nitrogens is 2. The second-order valence-electron chi connectivity index (χ2n) is 9.23. The summed E-state index contributed by atoms with van der Waals surface area (Å²) in [6.07, 6.45) is -2.93. The molecule has 5 rings (SSSR count). The normalized spacial score (nSPS) is 20.0. The van der Waals surface area contributed by atoms with E-state index >= 15 is 0 Å². The number of ether oxygens (including phenoxy) is 2. The molecule has 0 unspecified atom stereocenters. The van der Waals surface area contributed by atoms with Crippen LogP contribution in [0.2, 0.25) is 0 Å². The Bertz CT molecular complexity index is 1200. The molecule has 35 heavy (non-hydrogen) atoms. The van der Waals surface area contributed by atoms with Gasteiger partial charge in [0.2, 0.25) is 5.82 Å². The van der Waals surface area contributed by atoms with Crippen molar-refractivity contribution in [2.45, 2.75) is 38.5 Å². The van der Waals surface area contributed by atoms with Gasteiger partial charge in [0.15, 0.2) is 0 Å². The summed E-state index contributed by atoms with van der Waals surface area (Å²) < 4.78 is 55.0. The summed E-state index contributed by atoms with van der Waals surface area (Å²) in [6.45, 7) is 9.05. The van der Waals surface area contributed by atoms with Crippen molar-refractivity contribution in [3.63, 3.8) is 0 Å². The maximum atomic E-state index is 12.9. The van der Waals surface area contributed by atoms with Crippen LogP contribution in [0.1, 0.15) is 42.8 Å². The Morgan fingerprint density at radius 2 is 1.86 bits per heavy atom. The maximum Gasteiger partial charge on any atom is 0.471 e. The average Bonchev–Trinajstić information content (AvgIpc) is 3.28. The highest BCUT2D eigenvalue weighted by Crippen LogP contribution is 2.44. The van der Waals surface area contributed by atoms with Gasteiger partial charge in [0.1, 0.15) is 12.4 Å². The van der Waals surface area contributed by atoms with E-state index in [-0.39, 0.29) is 17.3 Å². The predicted molar refractivity (Wildman–Crippen MR) is 122 cm³/mol. The van der Waals surface area contributed by atoms with Gasteiger partial charge >= 0.3 is 12.1 Å². The third-order valence-electron chi connectivity index (χ3n) is 6.93. The lowest BCUT2D eigenvalue weighted by atomic mass is 9.78. The van der Waals surface area contributed by atoms with E-state index in [9.17, 15) is 13.2 Å². The number of allylic oxidation sites excluding steroid dienone is 1. The molecule has 1 fully saturated rings. The molecule has 1 saturated heterocycles. The van der Waals surface area contributed by atoms with E-state index in [1.807, 2.05) is 24.3 Å². The van der Waals surface area contributed by atoms with Crippen molar-refractivity contribution < 1.29 is 27.2 Å². The van der Waals surface area contributed by atoms with E-state index in [0.29, 0.717) is 37.7 Å². The molecular formula is C26H26F3N3O3. The number of hydrogen-bond acceptors (Lipinski definition) is 6. The lowest BCUT2D eigenvalue weighted by Gasteiger charge is -2.44. The summed E-state index contributed by atoms with van der Waals surface area (Å²) in [6, 6.07) is 15.2. The first kappa shape index (κ1) is 23.4. The fourth-order valence-electron chi connectivity index (χ4n) is 4.66. The smallest absolute Gasteiger partial charge is 0.471 e. The van der Waals surface area contributed by atoms with E-state index in [1.54, 1.807) is 12.1 Å². The standard InChI is InChI=1S/C26H26F3N3O3/c1-17(25(2)10-12-33-13-11-25)32-15-20-9-8-19(23-30-24(35-31-23)26(27,28)29)14-22(20)34-16-21(32)18-6-4-3-5-7-18/h3-9,14,21H,1,10-13,15-16H2,2H3/t21-/m1/s1. The molecule has 0 N–H and O–H groups in total. The fraction of sp³-hybridized carbons (Fsp3) is 0.385. The first-order valence-electron chi connectivity index (χ1n) is 11.5. The molecule has 3 heterocycles. The molecule has 0 amide bonds. The number of nitrogens with zero attached hydrogens (tertiary/aromatic N) is 3. The molecular weight excluding hydrogens is 459 g/mol. The minimum Gasteiger partial charge on any atom is -0.491 e. The Balaban J connectivity index is 1.49. The van der Waals surface area contributed by atoms with E-state index in [2.05, 4.69) is 45.2 Å². The van der Waals surface area contributed by atoms with Gasteiger partial charge in [-0.2, -0.15) is 18.2 Å². The molecule has 1 atom stereocenters. The van der Waals surface area contributed by atoms with Gasteiger partial charge in [0.25, 0.3) is 0 Å². The second kappa shape index (κ2) is 9.03. The van der Waals surface area contributed by atoms with Crippen molar-refractivity contribution in [3.8, 4) is 17.1 Å². The van der Waals surface area contributed by atoms with Gasteiger partial charge in [-0.05, 0) is 24.5 Å². The molecule has 2 aromatic carbocycles. The number of halogens is 3. The summed E-state index contributed by atoms with van der Waals surface area (Å²) in [5.41, 5.74) is 3.33. The zero-order valence-electron chi connectivity index (χ0n) is 19.3. The van der Waals surface area contributed by atoms with Crippen LogP contribution in [0.3, 0.4) is 0 Å². The Kier molecular flexibility index (Phi) is 6.04. The third kappa shape index (κ3) is 4.65. The molecule has 9 heteroatoms. The van der Waals surface area contributed by atoms with Crippen molar-refractivity contribution in [2.75, 3.05) is 19.8 Å². The van der Waals surface area contributed by atoms with Gasteiger partial charge in [-0.15, -0.1) is 0 Å². The van der Waals surface area contributed by atoms with Crippen LogP contribution < -0.4 is 4.74 Å². The van der Waals surface area contributed by atoms with E-state index in [0.717, 1.165) is 29.7 Å². The first-order valence-corrected chi connectivity index (χ1v) is 11.5. The van der Waals surface area contributed by atoms with Gasteiger partial charge in [0, 0.05) is 42.0 Å². The molecule has 0 spiro atoms. The number of rotatable bonds is 4. The molecule has 0 bridgehead atoms. The van der Waals surface area contributed by atoms with Crippen LogP contribution >= 0.6 is 0 Å². The molecule has 0 aliphatic carbocycles. The van der Waals surface area contributed by atoms with Crippen LogP contribution in [-0.2, 0) is 17.5 Å². The molecule has 0 radical (unpaired) electrons. The number of fused-ring (bicyclic) bond motifs is 1. The van der Waals surface area contributed by atoms with Crippen molar-refractivity contribution in [3.05, 3.63) is 77.8 Å². The van der Waals surface area contributed by atoms with Crippen molar-refractivity contribution in [2.24, 2.45) is 5.41 Å². The van der Waals surface area contributed by atoms with Crippen LogP contribution in [0.4, 0.5) is 13.2 Å². The van der Waals surface area contributed by atoms with Crippen molar-refractivity contribution in [1.29, 1.82) is 0 Å². The SMILES string of the molecule is C=C(N1Cc2ccc(-c3noc(C(F)(F)F)n3)cc2OC[C@@H]1c1ccccc1)C1(C)CCOCC1. The summed E-state index contributed by atoms with van der Waals surface area (Å²) in [4.78, 5) is 5.80. The lowest BCUT2D eigenvalue weighted by molar-refractivity contribution is -0.159. The largest absolute Gasteiger partial charge is 0.491 e. The van der Waals surface area contributed by atoms with E-state index < -0.39 is 12.1 Å². The summed E-state index contributed by atoms with van der Waals surface area (Å²) in [5, 5.41) is 3.50. The highest BCUT2D eigenvalue weighted by atomic mass is 19.4. The van der Waals surface area contributed by atoms with Crippen LogP contribution in [0, 0.1) is 5.41 Å². The maximum absolute atomic E-state index is 12.9. The van der Waals surface area contributed by atoms with Crippen molar-refractivity contribution >= 4 is 0 Å². The van der Waals surface area contributed by atoms with E-state index in [1.165, 1.54) is 0 Å². The molecule has 184 valence electrons. The van der Waals surface area contributed by atoms with Gasteiger partial charge in [-0.3, -0.25) is 0 Å². The number of alkyl halides is 3. The Hall–Kier alpha value is -3.33. The van der Waals surface area contributed by atoms with Crippen LogP contribution in [0.5, 0.6) is 5.75 Å². The number of benzene rings is 2. The zero-order valence-corrected chi connectivity index (χ0v) is 19.3. The topological polar surface area (TPSA) is 60.6 Å². The van der Waals surface area contributed by atoms with Crippen LogP contribution in [0.15, 0.2) is 65.3 Å². The van der Waals surface area contributed by atoms with Gasteiger partial charge < -0.3 is 18.9 Å². The second-order valence-corrected chi connectivity index (χ2v) is 9.23.